The SMILES string of the molecule is CC(Oc1cnc2cc(N3CCOCC3)nc(OC3CCC(Nc4ccccn4)CC3)c2c1)c1cnc(N[O-])n1C. The van der Waals surface area contributed by atoms with Crippen LogP contribution in [0.2, 0.25) is 0 Å². The van der Waals surface area contributed by atoms with Crippen molar-refractivity contribution in [3.8, 4) is 11.6 Å². The Morgan fingerprint density at radius 3 is 2.61 bits per heavy atom. The van der Waals surface area contributed by atoms with Crippen LogP contribution in [0, 0.1) is 5.21 Å². The molecule has 1 atom stereocenters. The average molecular weight is 560 g/mol. The molecule has 1 aliphatic carbocycles. The summed E-state index contributed by atoms with van der Waals surface area (Å²) in [6.07, 6.45) is 8.62. The van der Waals surface area contributed by atoms with Gasteiger partial charge in [-0.2, -0.15) is 4.98 Å². The van der Waals surface area contributed by atoms with Gasteiger partial charge in [0.05, 0.1) is 42.2 Å². The van der Waals surface area contributed by atoms with Gasteiger partial charge in [-0.05, 0) is 50.8 Å². The van der Waals surface area contributed by atoms with Gasteiger partial charge in [-0.3, -0.25) is 4.98 Å². The molecule has 1 saturated carbocycles. The van der Waals surface area contributed by atoms with Crippen LogP contribution in [0.3, 0.4) is 0 Å². The van der Waals surface area contributed by atoms with Gasteiger partial charge in [-0.1, -0.05) is 6.07 Å². The van der Waals surface area contributed by atoms with Gasteiger partial charge < -0.3 is 39.7 Å². The van der Waals surface area contributed by atoms with Crippen molar-refractivity contribution >= 4 is 28.5 Å². The number of ether oxygens (including phenoxy) is 3. The molecule has 0 spiro atoms. The van der Waals surface area contributed by atoms with Crippen molar-refractivity contribution in [2.24, 2.45) is 7.05 Å². The lowest BCUT2D eigenvalue weighted by Gasteiger charge is -2.31. The molecule has 5 heterocycles. The van der Waals surface area contributed by atoms with Gasteiger partial charge in [0.1, 0.15) is 29.6 Å². The second kappa shape index (κ2) is 12.1. The van der Waals surface area contributed by atoms with Crippen LogP contribution >= 0.6 is 0 Å². The second-order valence-corrected chi connectivity index (χ2v) is 10.5. The Balaban J connectivity index is 1.22. The summed E-state index contributed by atoms with van der Waals surface area (Å²) in [5.74, 6) is 3.11. The van der Waals surface area contributed by atoms with Gasteiger partial charge in [0.2, 0.25) is 5.88 Å². The Labute approximate surface area is 238 Å². The van der Waals surface area contributed by atoms with E-state index in [-0.39, 0.29) is 18.2 Å². The monoisotopic (exact) mass is 559 g/mol. The Hall–Kier alpha value is -4.16. The minimum absolute atomic E-state index is 0.0448. The maximum absolute atomic E-state index is 11.1. The molecule has 41 heavy (non-hydrogen) atoms. The van der Waals surface area contributed by atoms with E-state index in [1.165, 1.54) is 0 Å². The molecule has 1 aliphatic heterocycles. The number of hydrogen-bond acceptors (Lipinski definition) is 11. The van der Waals surface area contributed by atoms with Crippen LogP contribution in [0.1, 0.15) is 44.4 Å². The number of fused-ring (bicyclic) bond motifs is 1. The van der Waals surface area contributed by atoms with Gasteiger partial charge in [0, 0.05) is 38.4 Å². The van der Waals surface area contributed by atoms with Crippen molar-refractivity contribution in [1.82, 2.24) is 24.5 Å². The minimum Gasteiger partial charge on any atom is -0.759 e. The van der Waals surface area contributed by atoms with Crippen LogP contribution in [0.5, 0.6) is 11.6 Å². The lowest BCUT2D eigenvalue weighted by Crippen LogP contribution is -2.37. The highest BCUT2D eigenvalue weighted by Gasteiger charge is 2.25. The van der Waals surface area contributed by atoms with Crippen molar-refractivity contribution in [2.75, 3.05) is 42.0 Å². The number of pyridine rings is 3. The lowest BCUT2D eigenvalue weighted by molar-refractivity contribution is 0.122. The largest absolute Gasteiger partial charge is 0.759 e. The summed E-state index contributed by atoms with van der Waals surface area (Å²) in [6, 6.07) is 10.2. The van der Waals surface area contributed by atoms with Crippen LogP contribution in [0.4, 0.5) is 17.6 Å². The van der Waals surface area contributed by atoms with Gasteiger partial charge in [-0.25, -0.2) is 9.97 Å². The van der Waals surface area contributed by atoms with Gasteiger partial charge in [-0.15, -0.1) is 0 Å². The average Bonchev–Trinajstić information content (AvgIpc) is 3.39. The van der Waals surface area contributed by atoms with Crippen molar-refractivity contribution in [3.05, 3.63) is 59.8 Å². The molecule has 2 fully saturated rings. The van der Waals surface area contributed by atoms with E-state index >= 15 is 0 Å². The van der Waals surface area contributed by atoms with Crippen molar-refractivity contribution in [1.29, 1.82) is 0 Å². The molecular formula is C29H35N8O4-. The second-order valence-electron chi connectivity index (χ2n) is 10.5. The van der Waals surface area contributed by atoms with Crippen LogP contribution in [0.25, 0.3) is 10.9 Å². The number of anilines is 3. The van der Waals surface area contributed by atoms with E-state index < -0.39 is 0 Å². The molecule has 0 radical (unpaired) electrons. The van der Waals surface area contributed by atoms with E-state index in [9.17, 15) is 5.21 Å². The van der Waals surface area contributed by atoms with Crippen LogP contribution < -0.4 is 25.2 Å². The van der Waals surface area contributed by atoms with Crippen molar-refractivity contribution in [3.63, 3.8) is 0 Å². The molecule has 0 aromatic carbocycles. The summed E-state index contributed by atoms with van der Waals surface area (Å²) in [4.78, 5) is 20.4. The molecule has 4 aromatic rings. The summed E-state index contributed by atoms with van der Waals surface area (Å²) >= 11 is 0. The fourth-order valence-electron chi connectivity index (χ4n) is 5.47. The summed E-state index contributed by atoms with van der Waals surface area (Å²) in [6.45, 7) is 4.78. The third kappa shape index (κ3) is 6.13. The Bertz CT molecular complexity index is 1450. The highest BCUT2D eigenvalue weighted by atomic mass is 16.5. The highest BCUT2D eigenvalue weighted by molar-refractivity contribution is 5.87. The number of rotatable bonds is 9. The molecule has 216 valence electrons. The third-order valence-corrected chi connectivity index (χ3v) is 7.75. The van der Waals surface area contributed by atoms with Crippen molar-refractivity contribution in [2.45, 2.75) is 50.9 Å². The smallest absolute Gasteiger partial charge is 0.225 e. The first kappa shape index (κ1) is 27.0. The van der Waals surface area contributed by atoms with Gasteiger partial charge >= 0.3 is 0 Å². The predicted octanol–water partition coefficient (Wildman–Crippen LogP) is 4.45. The molecule has 2 N–H and O–H groups in total. The normalized spacial score (nSPS) is 20.0. The molecule has 0 bridgehead atoms. The van der Waals surface area contributed by atoms with E-state index in [0.717, 1.165) is 67.0 Å². The summed E-state index contributed by atoms with van der Waals surface area (Å²) in [5.41, 5.74) is 3.39. The first-order valence-corrected chi connectivity index (χ1v) is 14.1. The molecule has 12 heteroatoms. The van der Waals surface area contributed by atoms with E-state index in [4.69, 9.17) is 24.2 Å². The van der Waals surface area contributed by atoms with Crippen LogP contribution in [-0.2, 0) is 11.8 Å². The lowest BCUT2D eigenvalue weighted by atomic mass is 9.93. The van der Waals surface area contributed by atoms with E-state index in [2.05, 4.69) is 20.2 Å². The van der Waals surface area contributed by atoms with Crippen molar-refractivity contribution < 1.29 is 14.2 Å². The first-order chi connectivity index (χ1) is 20.1. The predicted molar refractivity (Wildman–Crippen MR) is 156 cm³/mol. The minimum atomic E-state index is -0.360. The number of hydrogen-bond donors (Lipinski definition) is 2. The molecule has 1 unspecified atom stereocenters. The number of imidazole rings is 1. The summed E-state index contributed by atoms with van der Waals surface area (Å²) in [5, 5.41) is 15.5. The van der Waals surface area contributed by atoms with E-state index in [1.807, 2.05) is 42.7 Å². The number of aromatic nitrogens is 5. The van der Waals surface area contributed by atoms with Gasteiger partial charge in [0.15, 0.2) is 5.95 Å². The molecular weight excluding hydrogens is 524 g/mol. The molecule has 4 aromatic heterocycles. The Morgan fingerprint density at radius 1 is 1.05 bits per heavy atom. The topological polar surface area (TPSA) is 135 Å². The summed E-state index contributed by atoms with van der Waals surface area (Å²) < 4.78 is 20.1. The zero-order valence-electron chi connectivity index (χ0n) is 23.3. The van der Waals surface area contributed by atoms with Crippen LogP contribution in [-0.4, -0.2) is 63.0 Å². The molecule has 0 amide bonds. The molecule has 12 nitrogen and oxygen atoms in total. The van der Waals surface area contributed by atoms with Gasteiger partial charge in [0.25, 0.3) is 0 Å². The quantitative estimate of drug-likeness (QED) is 0.282. The maximum atomic E-state index is 11.1. The third-order valence-electron chi connectivity index (χ3n) is 7.75. The molecule has 1 saturated heterocycles. The zero-order valence-corrected chi connectivity index (χ0v) is 23.3. The standard InChI is InChI=1S/C29H35N8O4/c1-19(25-18-32-29(35-38)36(25)2)40-22-15-23-24(31-17-22)16-27(37-11-13-39-14-12-37)34-28(23)41-21-8-6-20(7-9-21)33-26-5-3-4-10-30-26/h3-5,10,15-21H,6-9,11-14H2,1-2H3,(H2-,30,32,33,35,38)/q-1. The van der Waals surface area contributed by atoms with E-state index in [0.29, 0.717) is 30.9 Å². The Kier molecular flexibility index (Phi) is 8.01. The number of nitrogens with one attached hydrogen (secondary N) is 2. The molecule has 2 aliphatic rings. The summed E-state index contributed by atoms with van der Waals surface area (Å²) in [7, 11) is 1.77. The first-order valence-electron chi connectivity index (χ1n) is 14.1. The maximum Gasteiger partial charge on any atom is 0.225 e. The van der Waals surface area contributed by atoms with E-state index in [1.54, 1.807) is 30.2 Å². The zero-order chi connectivity index (χ0) is 28.2. The van der Waals surface area contributed by atoms with Crippen LogP contribution in [0.15, 0.2) is 48.9 Å². The fourth-order valence-corrected chi connectivity index (χ4v) is 5.47. The molecule has 6 rings (SSSR count). The number of nitrogens with zero attached hydrogens (tertiary/aromatic N) is 6. The highest BCUT2D eigenvalue weighted by Crippen LogP contribution is 2.34. The fraction of sp³-hybridized carbons (Fsp3) is 0.448. The Morgan fingerprint density at radius 2 is 1.88 bits per heavy atom. The number of morpholine rings is 1.